The molecule has 0 aliphatic heterocycles. The third-order valence-electron chi connectivity index (χ3n) is 2.59. The maximum Gasteiger partial charge on any atom is 0.258 e. The van der Waals surface area contributed by atoms with Crippen molar-refractivity contribution in [2.75, 3.05) is 13.2 Å². The maximum absolute atomic E-state index is 11.8. The molecule has 1 aromatic rings. The van der Waals surface area contributed by atoms with Crippen LogP contribution in [0.25, 0.3) is 0 Å². The summed E-state index contributed by atoms with van der Waals surface area (Å²) in [6, 6.07) is 5.24. The van der Waals surface area contributed by atoms with Crippen molar-refractivity contribution in [1.29, 1.82) is 0 Å². The first-order valence-corrected chi connectivity index (χ1v) is 7.99. The average Bonchev–Trinajstić information content (AvgIpc) is 2.36. The van der Waals surface area contributed by atoms with E-state index in [0.717, 1.165) is 15.4 Å². The Hall–Kier alpha value is -0.590. The fourth-order valence-corrected chi connectivity index (χ4v) is 2.91. The first-order valence-electron chi connectivity index (χ1n) is 6.40. The fourth-order valence-electron chi connectivity index (χ4n) is 1.75. The molecular formula is C14H19Br2NO3. The van der Waals surface area contributed by atoms with Gasteiger partial charge in [-0.3, -0.25) is 4.79 Å². The van der Waals surface area contributed by atoms with Crippen LogP contribution in [0.5, 0.6) is 5.75 Å². The van der Waals surface area contributed by atoms with Crippen molar-refractivity contribution in [3.63, 3.8) is 0 Å². The molecule has 1 aromatic carbocycles. The van der Waals surface area contributed by atoms with E-state index in [0.29, 0.717) is 11.7 Å². The highest BCUT2D eigenvalue weighted by atomic mass is 79.9. The zero-order valence-electron chi connectivity index (χ0n) is 11.5. The van der Waals surface area contributed by atoms with E-state index in [4.69, 9.17) is 4.74 Å². The molecule has 0 fully saturated rings. The fraction of sp³-hybridized carbons (Fsp3) is 0.500. The molecule has 0 bridgehead atoms. The van der Waals surface area contributed by atoms with Gasteiger partial charge in [0.15, 0.2) is 6.61 Å². The topological polar surface area (TPSA) is 58.6 Å². The van der Waals surface area contributed by atoms with E-state index in [-0.39, 0.29) is 25.2 Å². The first kappa shape index (κ1) is 17.5. The Morgan fingerprint density at radius 1 is 1.40 bits per heavy atom. The summed E-state index contributed by atoms with van der Waals surface area (Å²) < 4.78 is 7.15. The smallest absolute Gasteiger partial charge is 0.258 e. The molecule has 112 valence electrons. The van der Waals surface area contributed by atoms with Gasteiger partial charge in [-0.25, -0.2) is 0 Å². The number of nitrogens with one attached hydrogen (secondary N) is 1. The van der Waals surface area contributed by atoms with E-state index in [9.17, 15) is 9.90 Å². The molecule has 1 rings (SSSR count). The van der Waals surface area contributed by atoms with Gasteiger partial charge in [-0.05, 0) is 46.5 Å². The van der Waals surface area contributed by atoms with Crippen molar-refractivity contribution in [2.24, 2.45) is 5.92 Å². The van der Waals surface area contributed by atoms with Crippen LogP contribution in [-0.2, 0) is 4.79 Å². The van der Waals surface area contributed by atoms with Crippen LogP contribution >= 0.6 is 31.9 Å². The number of carbonyl (C=O) groups excluding carboxylic acids is 1. The normalized spacial score (nSPS) is 12.3. The van der Waals surface area contributed by atoms with Crippen LogP contribution in [0.15, 0.2) is 27.1 Å². The Morgan fingerprint density at radius 2 is 2.10 bits per heavy atom. The lowest BCUT2D eigenvalue weighted by molar-refractivity contribution is -0.124. The van der Waals surface area contributed by atoms with Crippen LogP contribution in [0, 0.1) is 5.92 Å². The number of halogens is 2. The van der Waals surface area contributed by atoms with Crippen molar-refractivity contribution in [2.45, 2.75) is 26.3 Å². The summed E-state index contributed by atoms with van der Waals surface area (Å²) >= 11 is 6.72. The summed E-state index contributed by atoms with van der Waals surface area (Å²) in [6.07, 6.45) is 0.740. The number of aliphatic hydroxyl groups is 1. The molecule has 4 nitrogen and oxygen atoms in total. The second-order valence-electron chi connectivity index (χ2n) is 4.94. The molecule has 6 heteroatoms. The van der Waals surface area contributed by atoms with Crippen molar-refractivity contribution in [3.05, 3.63) is 27.1 Å². The predicted octanol–water partition coefficient (Wildman–Crippen LogP) is 3.11. The number of hydrogen-bond donors (Lipinski definition) is 2. The summed E-state index contributed by atoms with van der Waals surface area (Å²) in [5.41, 5.74) is 0. The lowest BCUT2D eigenvalue weighted by atomic mass is 10.0. The summed E-state index contributed by atoms with van der Waals surface area (Å²) in [5, 5.41) is 12.0. The van der Waals surface area contributed by atoms with Gasteiger partial charge < -0.3 is 15.2 Å². The number of amides is 1. The molecule has 1 atom stereocenters. The predicted molar refractivity (Wildman–Crippen MR) is 85.8 cm³/mol. The van der Waals surface area contributed by atoms with Crippen molar-refractivity contribution in [3.8, 4) is 5.75 Å². The van der Waals surface area contributed by atoms with Gasteiger partial charge in [0.1, 0.15) is 5.75 Å². The molecule has 0 saturated carbocycles. The summed E-state index contributed by atoms with van der Waals surface area (Å²) in [7, 11) is 0. The molecule has 0 aromatic heterocycles. The van der Waals surface area contributed by atoms with E-state index in [2.05, 4.69) is 37.2 Å². The Kier molecular flexibility index (Phi) is 7.55. The third kappa shape index (κ3) is 6.24. The number of benzene rings is 1. The number of carbonyl (C=O) groups is 1. The van der Waals surface area contributed by atoms with E-state index in [1.54, 1.807) is 6.07 Å². The molecule has 0 aliphatic rings. The van der Waals surface area contributed by atoms with Crippen LogP contribution in [0.3, 0.4) is 0 Å². The van der Waals surface area contributed by atoms with Gasteiger partial charge in [-0.15, -0.1) is 0 Å². The highest BCUT2D eigenvalue weighted by Gasteiger charge is 2.13. The van der Waals surface area contributed by atoms with E-state index in [1.165, 1.54) is 0 Å². The lowest BCUT2D eigenvalue weighted by Crippen LogP contribution is -2.40. The van der Waals surface area contributed by atoms with Crippen LogP contribution in [0.4, 0.5) is 0 Å². The van der Waals surface area contributed by atoms with Crippen molar-refractivity contribution >= 4 is 37.8 Å². The molecule has 20 heavy (non-hydrogen) atoms. The largest absolute Gasteiger partial charge is 0.483 e. The Bertz CT molecular complexity index is 452. The minimum Gasteiger partial charge on any atom is -0.483 e. The second-order valence-corrected chi connectivity index (χ2v) is 6.71. The summed E-state index contributed by atoms with van der Waals surface area (Å²) in [4.78, 5) is 11.8. The van der Waals surface area contributed by atoms with Crippen molar-refractivity contribution < 1.29 is 14.6 Å². The number of hydrogen-bond acceptors (Lipinski definition) is 3. The number of aliphatic hydroxyl groups excluding tert-OH is 1. The Balaban J connectivity index is 2.46. The molecule has 0 spiro atoms. The van der Waals surface area contributed by atoms with Gasteiger partial charge in [-0.2, -0.15) is 0 Å². The van der Waals surface area contributed by atoms with Crippen LogP contribution in [-0.4, -0.2) is 30.3 Å². The molecular weight excluding hydrogens is 390 g/mol. The van der Waals surface area contributed by atoms with Crippen LogP contribution < -0.4 is 10.1 Å². The van der Waals surface area contributed by atoms with E-state index in [1.807, 2.05) is 26.0 Å². The van der Waals surface area contributed by atoms with E-state index >= 15 is 0 Å². The molecule has 0 radical (unpaired) electrons. The van der Waals surface area contributed by atoms with Crippen LogP contribution in [0.1, 0.15) is 20.3 Å². The standard InChI is InChI=1S/C14H19Br2NO3/c1-9(2)5-11(7-18)17-14(19)8-20-13-4-3-10(15)6-12(13)16/h3-4,6,9,11,18H,5,7-8H2,1-2H3,(H,17,19). The Labute approximate surface area is 136 Å². The van der Waals surface area contributed by atoms with Gasteiger partial charge in [0.05, 0.1) is 17.1 Å². The maximum atomic E-state index is 11.8. The monoisotopic (exact) mass is 407 g/mol. The molecule has 2 N–H and O–H groups in total. The van der Waals surface area contributed by atoms with Gasteiger partial charge >= 0.3 is 0 Å². The molecule has 0 aliphatic carbocycles. The van der Waals surface area contributed by atoms with Gasteiger partial charge in [0, 0.05) is 4.47 Å². The molecule has 0 saturated heterocycles. The zero-order valence-corrected chi connectivity index (χ0v) is 14.7. The van der Waals surface area contributed by atoms with Gasteiger partial charge in [-0.1, -0.05) is 29.8 Å². The highest BCUT2D eigenvalue weighted by molar-refractivity contribution is 9.11. The van der Waals surface area contributed by atoms with E-state index < -0.39 is 0 Å². The lowest BCUT2D eigenvalue weighted by Gasteiger charge is -2.18. The SMILES string of the molecule is CC(C)CC(CO)NC(=O)COc1ccc(Br)cc1Br. The van der Waals surface area contributed by atoms with Crippen molar-refractivity contribution in [1.82, 2.24) is 5.32 Å². The summed E-state index contributed by atoms with van der Waals surface area (Å²) in [6.45, 7) is 3.95. The molecule has 1 unspecified atom stereocenters. The van der Waals surface area contributed by atoms with Gasteiger partial charge in [0.2, 0.25) is 0 Å². The minimum absolute atomic E-state index is 0.0636. The number of ether oxygens (including phenoxy) is 1. The quantitative estimate of drug-likeness (QED) is 0.728. The summed E-state index contributed by atoms with van der Waals surface area (Å²) in [5.74, 6) is 0.779. The highest BCUT2D eigenvalue weighted by Crippen LogP contribution is 2.28. The minimum atomic E-state index is -0.237. The average molecular weight is 409 g/mol. The van der Waals surface area contributed by atoms with Crippen LogP contribution in [0.2, 0.25) is 0 Å². The van der Waals surface area contributed by atoms with Gasteiger partial charge in [0.25, 0.3) is 5.91 Å². The second kappa shape index (κ2) is 8.64. The number of rotatable bonds is 7. The zero-order chi connectivity index (χ0) is 15.1. The molecule has 1 amide bonds. The molecule has 0 heterocycles. The first-order chi connectivity index (χ1) is 9.42. The Morgan fingerprint density at radius 3 is 2.65 bits per heavy atom. The third-order valence-corrected chi connectivity index (χ3v) is 3.71.